The third-order valence-corrected chi connectivity index (χ3v) is 2.90. The van der Waals surface area contributed by atoms with Crippen LogP contribution in [0.4, 0.5) is 14.5 Å². The van der Waals surface area contributed by atoms with Gasteiger partial charge >= 0.3 is 0 Å². The summed E-state index contributed by atoms with van der Waals surface area (Å²) in [6.45, 7) is 0. The van der Waals surface area contributed by atoms with E-state index < -0.39 is 28.5 Å². The first-order valence-corrected chi connectivity index (χ1v) is 4.77. The van der Waals surface area contributed by atoms with E-state index in [0.29, 0.717) is 0 Å². The maximum Gasteiger partial charge on any atom is 0.276 e. The molecule has 0 amide bonds. The molecular weight excluding hydrogens is 242 g/mol. The van der Waals surface area contributed by atoms with Crippen molar-refractivity contribution in [1.29, 1.82) is 0 Å². The monoisotopic (exact) mass is 248 g/mol. The van der Waals surface area contributed by atoms with Crippen molar-refractivity contribution in [2.75, 3.05) is 0 Å². The lowest BCUT2D eigenvalue weighted by Gasteiger charge is -2.11. The number of hydrogen-bond acceptors (Lipinski definition) is 3. The summed E-state index contributed by atoms with van der Waals surface area (Å²) in [5.41, 5.74) is 2.87. The van der Waals surface area contributed by atoms with Gasteiger partial charge in [-0.2, -0.15) is 0 Å². The lowest BCUT2D eigenvalue weighted by molar-refractivity contribution is -0.386. The Balaban J connectivity index is 2.54. The fourth-order valence-electron chi connectivity index (χ4n) is 1.63. The summed E-state index contributed by atoms with van der Waals surface area (Å²) < 4.78 is 26.1. The average molecular weight is 249 g/mol. The molecule has 4 nitrogen and oxygen atoms in total. The van der Waals surface area contributed by atoms with Gasteiger partial charge in [-0.15, -0.1) is 0 Å². The molecule has 1 saturated carbocycles. The quantitative estimate of drug-likeness (QED) is 0.646. The van der Waals surface area contributed by atoms with Crippen molar-refractivity contribution in [3.05, 3.63) is 38.9 Å². The van der Waals surface area contributed by atoms with E-state index in [0.717, 1.165) is 6.07 Å². The molecule has 1 fully saturated rings. The zero-order valence-corrected chi connectivity index (χ0v) is 8.67. The molecular formula is C9H7ClF2N2O2. The molecule has 2 rings (SSSR count). The number of nitro benzene ring substituents is 1. The Morgan fingerprint density at radius 2 is 2.06 bits per heavy atom. The molecule has 1 atom stereocenters. The molecule has 86 valence electrons. The molecule has 1 aromatic carbocycles. The number of alkyl halides is 2. The molecule has 0 heterocycles. The van der Waals surface area contributed by atoms with Gasteiger partial charge in [0, 0.05) is 17.5 Å². The molecule has 0 aromatic heterocycles. The SMILES string of the molecule is NC1(c2ccc(Cl)cc2[N+](=O)[O-])CC1(F)F. The van der Waals surface area contributed by atoms with Gasteiger partial charge in [0.05, 0.1) is 10.5 Å². The van der Waals surface area contributed by atoms with Gasteiger partial charge in [-0.3, -0.25) is 10.1 Å². The van der Waals surface area contributed by atoms with Crippen LogP contribution in [0.3, 0.4) is 0 Å². The van der Waals surface area contributed by atoms with Crippen LogP contribution in [0, 0.1) is 10.1 Å². The second kappa shape index (κ2) is 3.11. The normalized spacial score (nSPS) is 26.5. The number of nitrogens with zero attached hydrogens (tertiary/aromatic N) is 1. The maximum atomic E-state index is 13.0. The van der Waals surface area contributed by atoms with E-state index >= 15 is 0 Å². The molecule has 1 aliphatic carbocycles. The van der Waals surface area contributed by atoms with Crippen LogP contribution in [-0.4, -0.2) is 10.8 Å². The highest BCUT2D eigenvalue weighted by molar-refractivity contribution is 6.30. The van der Waals surface area contributed by atoms with Crippen LogP contribution < -0.4 is 5.73 Å². The van der Waals surface area contributed by atoms with Crippen molar-refractivity contribution in [1.82, 2.24) is 0 Å². The average Bonchev–Trinajstić information content (AvgIpc) is 2.66. The lowest BCUT2D eigenvalue weighted by Crippen LogP contribution is -2.28. The van der Waals surface area contributed by atoms with E-state index in [1.165, 1.54) is 12.1 Å². The van der Waals surface area contributed by atoms with Gasteiger partial charge in [0.2, 0.25) is 0 Å². The van der Waals surface area contributed by atoms with Gasteiger partial charge in [0.1, 0.15) is 5.54 Å². The molecule has 7 heteroatoms. The van der Waals surface area contributed by atoms with Crippen LogP contribution in [0.2, 0.25) is 5.02 Å². The van der Waals surface area contributed by atoms with Crippen molar-refractivity contribution < 1.29 is 13.7 Å². The zero-order valence-electron chi connectivity index (χ0n) is 7.91. The fourth-order valence-corrected chi connectivity index (χ4v) is 1.80. The number of nitrogens with two attached hydrogens (primary N) is 1. The van der Waals surface area contributed by atoms with Crippen LogP contribution in [0.25, 0.3) is 0 Å². The summed E-state index contributed by atoms with van der Waals surface area (Å²) in [5.74, 6) is -3.09. The van der Waals surface area contributed by atoms with E-state index in [9.17, 15) is 18.9 Å². The van der Waals surface area contributed by atoms with Crippen molar-refractivity contribution in [3.63, 3.8) is 0 Å². The summed E-state index contributed by atoms with van der Waals surface area (Å²) in [6.07, 6.45) is -0.581. The highest BCUT2D eigenvalue weighted by atomic mass is 35.5. The first kappa shape index (κ1) is 11.2. The van der Waals surface area contributed by atoms with Crippen molar-refractivity contribution in [2.24, 2.45) is 5.73 Å². The molecule has 1 aromatic rings. The van der Waals surface area contributed by atoms with Gasteiger partial charge in [-0.25, -0.2) is 8.78 Å². The van der Waals surface area contributed by atoms with Crippen LogP contribution in [-0.2, 0) is 5.54 Å². The van der Waals surface area contributed by atoms with Crippen LogP contribution >= 0.6 is 11.6 Å². The predicted molar refractivity (Wildman–Crippen MR) is 53.5 cm³/mol. The first-order valence-electron chi connectivity index (χ1n) is 4.39. The molecule has 0 aliphatic heterocycles. The molecule has 0 bridgehead atoms. The summed E-state index contributed by atoms with van der Waals surface area (Å²) in [7, 11) is 0. The zero-order chi connectivity index (χ0) is 12.1. The minimum Gasteiger partial charge on any atom is -0.316 e. The third-order valence-electron chi connectivity index (χ3n) is 2.67. The summed E-state index contributed by atoms with van der Waals surface area (Å²) >= 11 is 5.57. The standard InChI is InChI=1S/C9H7ClF2N2O2/c10-5-1-2-6(7(3-5)14(15)16)8(13)4-9(8,11)12/h1-3H,4,13H2. The smallest absolute Gasteiger partial charge is 0.276 e. The Hall–Kier alpha value is -1.27. The van der Waals surface area contributed by atoms with E-state index in [4.69, 9.17) is 17.3 Å². The Kier molecular flexibility index (Phi) is 2.18. The molecule has 0 spiro atoms. The predicted octanol–water partition coefficient (Wildman–Crippen LogP) is 2.44. The third kappa shape index (κ3) is 1.45. The van der Waals surface area contributed by atoms with E-state index in [1.54, 1.807) is 0 Å². The minimum absolute atomic E-state index is 0.114. The van der Waals surface area contributed by atoms with Gasteiger partial charge < -0.3 is 5.73 Å². The van der Waals surface area contributed by atoms with Crippen molar-refractivity contribution in [3.8, 4) is 0 Å². The molecule has 2 N–H and O–H groups in total. The van der Waals surface area contributed by atoms with Crippen LogP contribution in [0.15, 0.2) is 18.2 Å². The van der Waals surface area contributed by atoms with Crippen molar-refractivity contribution in [2.45, 2.75) is 17.9 Å². The Labute approximate surface area is 94.1 Å². The lowest BCUT2D eigenvalue weighted by atomic mass is 10.0. The number of nitro groups is 1. The number of hydrogen-bond donors (Lipinski definition) is 1. The van der Waals surface area contributed by atoms with Gasteiger partial charge in [-0.1, -0.05) is 11.6 Å². The second-order valence-electron chi connectivity index (χ2n) is 3.77. The van der Waals surface area contributed by atoms with Gasteiger partial charge in [0.15, 0.2) is 0 Å². The van der Waals surface area contributed by atoms with Gasteiger partial charge in [0.25, 0.3) is 11.6 Å². The minimum atomic E-state index is -3.09. The van der Waals surface area contributed by atoms with Crippen molar-refractivity contribution >= 4 is 17.3 Å². The molecule has 16 heavy (non-hydrogen) atoms. The number of benzene rings is 1. The van der Waals surface area contributed by atoms with E-state index in [1.807, 2.05) is 0 Å². The number of rotatable bonds is 2. The first-order chi connectivity index (χ1) is 7.28. The summed E-state index contributed by atoms with van der Waals surface area (Å²) in [4.78, 5) is 9.95. The summed E-state index contributed by atoms with van der Waals surface area (Å²) in [5, 5.41) is 10.8. The fraction of sp³-hybridized carbons (Fsp3) is 0.333. The summed E-state index contributed by atoms with van der Waals surface area (Å²) in [6, 6.07) is 3.52. The highest BCUT2D eigenvalue weighted by Crippen LogP contribution is 2.59. The van der Waals surface area contributed by atoms with Crippen LogP contribution in [0.1, 0.15) is 12.0 Å². The Morgan fingerprint density at radius 1 is 1.50 bits per heavy atom. The van der Waals surface area contributed by atoms with Gasteiger partial charge in [-0.05, 0) is 12.1 Å². The largest absolute Gasteiger partial charge is 0.316 e. The van der Waals surface area contributed by atoms with E-state index in [-0.39, 0.29) is 10.6 Å². The number of halogens is 3. The topological polar surface area (TPSA) is 69.2 Å². The molecule has 0 saturated heterocycles. The second-order valence-corrected chi connectivity index (χ2v) is 4.21. The van der Waals surface area contributed by atoms with E-state index in [2.05, 4.69) is 0 Å². The Morgan fingerprint density at radius 3 is 2.50 bits per heavy atom. The Bertz CT molecular complexity index is 481. The maximum absolute atomic E-state index is 13.0. The molecule has 0 radical (unpaired) electrons. The molecule has 1 aliphatic rings. The molecule has 1 unspecified atom stereocenters. The highest BCUT2D eigenvalue weighted by Gasteiger charge is 2.71. The van der Waals surface area contributed by atoms with Crippen LogP contribution in [0.5, 0.6) is 0 Å².